The Hall–Kier alpha value is -1.00. The molecule has 5 heteroatoms. The van der Waals surface area contributed by atoms with E-state index in [0.717, 1.165) is 12.8 Å². The number of rotatable bonds is 3. The summed E-state index contributed by atoms with van der Waals surface area (Å²) in [6.45, 7) is 2.79. The monoisotopic (exact) mass is 268 g/mol. The molecule has 0 spiro atoms. The number of β-amino-alcohol motifs (C(OH)–C–C–N with tert-alkyl or cyclic N) is 1. The first-order valence-corrected chi connectivity index (χ1v) is 6.79. The fourth-order valence-corrected chi connectivity index (χ4v) is 2.67. The van der Waals surface area contributed by atoms with Gasteiger partial charge in [-0.3, -0.25) is 4.79 Å². The van der Waals surface area contributed by atoms with E-state index < -0.39 is 5.60 Å². The summed E-state index contributed by atoms with van der Waals surface area (Å²) < 4.78 is 1.98. The summed E-state index contributed by atoms with van der Waals surface area (Å²) in [6.07, 6.45) is 4.74. The highest BCUT2D eigenvalue weighted by Gasteiger charge is 2.43. The molecule has 1 aromatic heterocycles. The van der Waals surface area contributed by atoms with Crippen LogP contribution in [0.3, 0.4) is 0 Å². The highest BCUT2D eigenvalue weighted by Crippen LogP contribution is 2.38. The Labute approximate surface area is 111 Å². The van der Waals surface area contributed by atoms with Crippen LogP contribution in [0, 0.1) is 0 Å². The lowest BCUT2D eigenvalue weighted by molar-refractivity contribution is -0.0829. The zero-order valence-electron chi connectivity index (χ0n) is 10.4. The van der Waals surface area contributed by atoms with Gasteiger partial charge in [0.2, 0.25) is 0 Å². The quantitative estimate of drug-likeness (QED) is 0.912. The van der Waals surface area contributed by atoms with Gasteiger partial charge in [-0.2, -0.15) is 0 Å². The van der Waals surface area contributed by atoms with E-state index in [1.807, 2.05) is 17.7 Å². The van der Waals surface area contributed by atoms with E-state index in [0.29, 0.717) is 36.3 Å². The molecule has 2 heterocycles. The predicted octanol–water partition coefficient (Wildman–Crippen LogP) is 2.07. The van der Waals surface area contributed by atoms with E-state index in [1.54, 1.807) is 11.0 Å². The van der Waals surface area contributed by atoms with Crippen LogP contribution in [0.2, 0.25) is 5.02 Å². The van der Waals surface area contributed by atoms with E-state index in [-0.39, 0.29) is 5.91 Å². The van der Waals surface area contributed by atoms with Gasteiger partial charge in [0.05, 0.1) is 23.7 Å². The molecule has 1 aromatic rings. The Balaban J connectivity index is 1.77. The SMILES string of the molecule is CCC1(O)CN(C(=O)c2cc(Cl)cn2C2CC2)C1. The van der Waals surface area contributed by atoms with Crippen LogP contribution in [-0.2, 0) is 0 Å². The van der Waals surface area contributed by atoms with Gasteiger partial charge >= 0.3 is 0 Å². The van der Waals surface area contributed by atoms with Crippen LogP contribution in [0.4, 0.5) is 0 Å². The Morgan fingerprint density at radius 3 is 2.78 bits per heavy atom. The van der Waals surface area contributed by atoms with Gasteiger partial charge in [-0.1, -0.05) is 18.5 Å². The zero-order valence-corrected chi connectivity index (χ0v) is 11.2. The van der Waals surface area contributed by atoms with Crippen molar-refractivity contribution < 1.29 is 9.90 Å². The number of halogens is 1. The molecule has 2 fully saturated rings. The van der Waals surface area contributed by atoms with E-state index in [4.69, 9.17) is 11.6 Å². The third kappa shape index (κ3) is 1.93. The maximum absolute atomic E-state index is 12.3. The summed E-state index contributed by atoms with van der Waals surface area (Å²) in [5.41, 5.74) is -0.0307. The van der Waals surface area contributed by atoms with Crippen LogP contribution in [0.5, 0.6) is 0 Å². The molecule has 0 radical (unpaired) electrons. The Kier molecular flexibility index (Phi) is 2.68. The van der Waals surface area contributed by atoms with Gasteiger partial charge in [-0.05, 0) is 25.3 Å². The van der Waals surface area contributed by atoms with Crippen LogP contribution in [0.25, 0.3) is 0 Å². The number of hydrogen-bond donors (Lipinski definition) is 1. The molecule has 1 saturated carbocycles. The van der Waals surface area contributed by atoms with E-state index in [9.17, 15) is 9.90 Å². The lowest BCUT2D eigenvalue weighted by Gasteiger charge is -2.46. The summed E-state index contributed by atoms with van der Waals surface area (Å²) in [4.78, 5) is 14.0. The topological polar surface area (TPSA) is 45.5 Å². The van der Waals surface area contributed by atoms with Crippen molar-refractivity contribution >= 4 is 17.5 Å². The largest absolute Gasteiger partial charge is 0.386 e. The van der Waals surface area contributed by atoms with Gasteiger partial charge in [0.25, 0.3) is 5.91 Å². The first-order chi connectivity index (χ1) is 8.52. The van der Waals surface area contributed by atoms with Crippen LogP contribution >= 0.6 is 11.6 Å². The molecule has 4 nitrogen and oxygen atoms in total. The van der Waals surface area contributed by atoms with Crippen LogP contribution in [0.15, 0.2) is 12.3 Å². The molecule has 3 rings (SSSR count). The Morgan fingerprint density at radius 2 is 2.22 bits per heavy atom. The van der Waals surface area contributed by atoms with Crippen LogP contribution < -0.4 is 0 Å². The second-order valence-electron chi connectivity index (χ2n) is 5.42. The molecule has 0 unspecified atom stereocenters. The normalized spacial score (nSPS) is 21.8. The lowest BCUT2D eigenvalue weighted by Crippen LogP contribution is -2.63. The lowest BCUT2D eigenvalue weighted by atomic mass is 9.91. The average Bonchev–Trinajstić information content (AvgIpc) is 3.07. The molecule has 98 valence electrons. The number of aromatic nitrogens is 1. The fraction of sp³-hybridized carbons (Fsp3) is 0.615. The van der Waals surface area contributed by atoms with E-state index in [2.05, 4.69) is 0 Å². The van der Waals surface area contributed by atoms with Crippen molar-refractivity contribution in [1.82, 2.24) is 9.47 Å². The number of carbonyl (C=O) groups is 1. The first kappa shape index (κ1) is 12.1. The minimum absolute atomic E-state index is 0.0214. The summed E-state index contributed by atoms with van der Waals surface area (Å²) in [5.74, 6) is -0.0214. The standard InChI is InChI=1S/C13H17ClN2O2/c1-2-13(18)7-15(8-13)12(17)11-5-9(14)6-16(11)10-3-4-10/h5-6,10,18H,2-4,7-8H2,1H3. The fourth-order valence-electron chi connectivity index (χ4n) is 2.47. The second kappa shape index (κ2) is 4.00. The number of nitrogens with zero attached hydrogens (tertiary/aromatic N) is 2. The van der Waals surface area contributed by atoms with Crippen molar-refractivity contribution in [3.8, 4) is 0 Å². The van der Waals surface area contributed by atoms with E-state index >= 15 is 0 Å². The summed E-state index contributed by atoms with van der Waals surface area (Å²) in [7, 11) is 0. The van der Waals surface area contributed by atoms with Crippen LogP contribution in [-0.4, -0.2) is 39.2 Å². The van der Waals surface area contributed by atoms with Gasteiger partial charge in [-0.25, -0.2) is 0 Å². The summed E-state index contributed by atoms with van der Waals surface area (Å²) in [6, 6.07) is 2.16. The molecule has 1 aliphatic carbocycles. The van der Waals surface area contributed by atoms with Crippen LogP contribution in [0.1, 0.15) is 42.7 Å². The first-order valence-electron chi connectivity index (χ1n) is 6.41. The molecule has 0 atom stereocenters. The molecule has 2 aliphatic rings. The smallest absolute Gasteiger partial charge is 0.270 e. The molecule has 18 heavy (non-hydrogen) atoms. The maximum atomic E-state index is 12.3. The molecular formula is C13H17ClN2O2. The Morgan fingerprint density at radius 1 is 1.56 bits per heavy atom. The third-order valence-corrected chi connectivity index (χ3v) is 4.10. The summed E-state index contributed by atoms with van der Waals surface area (Å²) in [5, 5.41) is 10.6. The van der Waals surface area contributed by atoms with Crippen molar-refractivity contribution in [3.63, 3.8) is 0 Å². The summed E-state index contributed by atoms with van der Waals surface area (Å²) >= 11 is 5.99. The molecule has 1 saturated heterocycles. The van der Waals surface area contributed by atoms with Crippen molar-refractivity contribution in [2.75, 3.05) is 13.1 Å². The second-order valence-corrected chi connectivity index (χ2v) is 5.86. The van der Waals surface area contributed by atoms with E-state index in [1.165, 1.54) is 0 Å². The molecule has 0 bridgehead atoms. The molecule has 1 aliphatic heterocycles. The highest BCUT2D eigenvalue weighted by atomic mass is 35.5. The zero-order chi connectivity index (χ0) is 12.9. The van der Waals surface area contributed by atoms with Gasteiger partial charge in [0.1, 0.15) is 5.69 Å². The maximum Gasteiger partial charge on any atom is 0.270 e. The minimum atomic E-state index is -0.684. The van der Waals surface area contributed by atoms with Gasteiger partial charge in [0, 0.05) is 12.2 Å². The van der Waals surface area contributed by atoms with Gasteiger partial charge < -0.3 is 14.6 Å². The number of amides is 1. The number of hydrogen-bond acceptors (Lipinski definition) is 2. The molecular weight excluding hydrogens is 252 g/mol. The predicted molar refractivity (Wildman–Crippen MR) is 68.9 cm³/mol. The average molecular weight is 269 g/mol. The number of aliphatic hydroxyl groups is 1. The highest BCUT2D eigenvalue weighted by molar-refractivity contribution is 6.31. The van der Waals surface area contributed by atoms with Crippen molar-refractivity contribution in [3.05, 3.63) is 23.0 Å². The van der Waals surface area contributed by atoms with Crippen molar-refractivity contribution in [2.24, 2.45) is 0 Å². The third-order valence-electron chi connectivity index (χ3n) is 3.89. The number of carbonyl (C=O) groups excluding carboxylic acids is 1. The van der Waals surface area contributed by atoms with Gasteiger partial charge in [-0.15, -0.1) is 0 Å². The molecule has 1 N–H and O–H groups in total. The minimum Gasteiger partial charge on any atom is -0.386 e. The number of likely N-dealkylation sites (tertiary alicyclic amines) is 1. The van der Waals surface area contributed by atoms with Gasteiger partial charge in [0.15, 0.2) is 0 Å². The Bertz CT molecular complexity index is 487. The van der Waals surface area contributed by atoms with Crippen molar-refractivity contribution in [2.45, 2.75) is 37.8 Å². The van der Waals surface area contributed by atoms with Crippen molar-refractivity contribution in [1.29, 1.82) is 0 Å². The molecule has 0 aromatic carbocycles. The molecule has 1 amide bonds.